The lowest BCUT2D eigenvalue weighted by atomic mass is 9.89. The Morgan fingerprint density at radius 2 is 0.719 bits per heavy atom. The van der Waals surface area contributed by atoms with Crippen molar-refractivity contribution in [2.45, 2.75) is 12.8 Å². The van der Waals surface area contributed by atoms with Crippen molar-refractivity contribution in [3.8, 4) is 67.5 Å². The molecule has 0 N–H and O–H groups in total. The average molecular weight is 817 g/mol. The van der Waals surface area contributed by atoms with Crippen LogP contribution in [0.3, 0.4) is 0 Å². The van der Waals surface area contributed by atoms with Gasteiger partial charge in [0.25, 0.3) is 0 Å². The molecule has 4 heteroatoms. The Labute approximate surface area is 371 Å². The normalized spacial score (nSPS) is 12.2. The average Bonchev–Trinajstić information content (AvgIpc) is 3.89. The lowest BCUT2D eigenvalue weighted by molar-refractivity contribution is 0.965. The Morgan fingerprint density at radius 3 is 1.25 bits per heavy atom. The molecule has 13 rings (SSSR count). The van der Waals surface area contributed by atoms with Crippen LogP contribution in [0.5, 0.6) is 0 Å². The van der Waals surface area contributed by atoms with Gasteiger partial charge < -0.3 is 9.13 Å². The van der Waals surface area contributed by atoms with E-state index in [9.17, 15) is 0 Å². The number of nitrogens with zero attached hydrogens (tertiary/aromatic N) is 4. The van der Waals surface area contributed by atoms with Gasteiger partial charge in [-0.15, -0.1) is 0 Å². The van der Waals surface area contributed by atoms with Gasteiger partial charge >= 0.3 is 0 Å². The van der Waals surface area contributed by atoms with Crippen molar-refractivity contribution in [3.05, 3.63) is 230 Å². The van der Waals surface area contributed by atoms with Crippen molar-refractivity contribution in [1.29, 1.82) is 0 Å². The van der Waals surface area contributed by atoms with Crippen molar-refractivity contribution in [3.63, 3.8) is 0 Å². The summed E-state index contributed by atoms with van der Waals surface area (Å²) in [5.74, 6) is 0.718. The SMILES string of the molecule is c1ccc(-c2cc(-c3ccccc3)cc(-n3c4cc(-c5nc(-c6ccccc6)cc(-c6ccccc6)n5)cc5c4c4c(cc(-n6c7ccccc7c7ccccc76)cc43)CC5)c2)cc1. The van der Waals surface area contributed by atoms with E-state index in [1.807, 2.05) is 0 Å². The lowest BCUT2D eigenvalue weighted by Gasteiger charge is -2.17. The quantitative estimate of drug-likeness (QED) is 0.161. The maximum Gasteiger partial charge on any atom is 0.160 e. The minimum absolute atomic E-state index is 0.718. The van der Waals surface area contributed by atoms with Gasteiger partial charge in [0.05, 0.1) is 33.5 Å². The van der Waals surface area contributed by atoms with Crippen LogP contribution in [0.25, 0.3) is 111 Å². The van der Waals surface area contributed by atoms with Crippen molar-refractivity contribution in [1.82, 2.24) is 19.1 Å². The van der Waals surface area contributed by atoms with Crippen LogP contribution in [0.2, 0.25) is 0 Å². The number of hydrogen-bond acceptors (Lipinski definition) is 2. The van der Waals surface area contributed by atoms with Gasteiger partial charge in [0, 0.05) is 49.6 Å². The number of hydrogen-bond donors (Lipinski definition) is 0. The highest BCUT2D eigenvalue weighted by molar-refractivity contribution is 6.16. The zero-order valence-corrected chi connectivity index (χ0v) is 35.0. The molecule has 12 aromatic rings. The van der Waals surface area contributed by atoms with Crippen LogP contribution in [0, 0.1) is 0 Å². The zero-order valence-electron chi connectivity index (χ0n) is 35.0. The van der Waals surface area contributed by atoms with Crippen LogP contribution in [0.1, 0.15) is 11.1 Å². The fourth-order valence-corrected chi connectivity index (χ4v) is 10.2. The Balaban J connectivity index is 1.14. The van der Waals surface area contributed by atoms with E-state index in [1.165, 1.54) is 77.2 Å². The molecule has 0 amide bonds. The summed E-state index contributed by atoms with van der Waals surface area (Å²) in [6.07, 6.45) is 1.84. The van der Waals surface area contributed by atoms with Crippen LogP contribution in [-0.2, 0) is 12.8 Å². The molecule has 0 bridgehead atoms. The second-order valence-corrected chi connectivity index (χ2v) is 16.9. The molecule has 0 unspecified atom stereocenters. The number of aryl methyl sites for hydroxylation is 2. The Hall–Kier alpha value is -8.34. The topological polar surface area (TPSA) is 35.6 Å². The minimum Gasteiger partial charge on any atom is -0.309 e. The molecular weight excluding hydrogens is 777 g/mol. The highest BCUT2D eigenvalue weighted by atomic mass is 15.0. The summed E-state index contributed by atoms with van der Waals surface area (Å²) < 4.78 is 5.00. The lowest BCUT2D eigenvalue weighted by Crippen LogP contribution is -2.02. The summed E-state index contributed by atoms with van der Waals surface area (Å²) in [7, 11) is 0. The summed E-state index contributed by atoms with van der Waals surface area (Å²) in [6, 6.07) is 78.9. The summed E-state index contributed by atoms with van der Waals surface area (Å²) in [5.41, 5.74) is 19.4. The summed E-state index contributed by atoms with van der Waals surface area (Å²) in [6.45, 7) is 0. The number of para-hydroxylation sites is 2. The number of benzene rings is 9. The second-order valence-electron chi connectivity index (χ2n) is 16.9. The molecule has 3 heterocycles. The standard InChI is InChI=1S/C60H40N4/c1-5-17-39(18-6-1)45-32-46(40-19-7-2-8-20-40)35-48(34-45)64-56-36-47(60-61-52(41-21-9-3-10-22-41)38-53(62-60)42-23-11-4-12-24-42)31-43-29-30-44-33-49(37-57(64)59(44)58(43)56)63-54-27-15-13-25-50(54)51-26-14-16-28-55(51)63/h1-28,31-38H,29-30H2. The van der Waals surface area contributed by atoms with E-state index in [2.05, 4.69) is 228 Å². The molecule has 0 spiro atoms. The highest BCUT2D eigenvalue weighted by Gasteiger charge is 2.26. The first-order valence-electron chi connectivity index (χ1n) is 22.1. The van der Waals surface area contributed by atoms with E-state index >= 15 is 0 Å². The number of fused-ring (bicyclic) bond motifs is 3. The molecule has 4 nitrogen and oxygen atoms in total. The van der Waals surface area contributed by atoms with Crippen molar-refractivity contribution < 1.29 is 0 Å². The predicted molar refractivity (Wildman–Crippen MR) is 265 cm³/mol. The van der Waals surface area contributed by atoms with E-state index in [0.717, 1.165) is 57.9 Å². The Bertz CT molecular complexity index is 3590. The second kappa shape index (κ2) is 14.6. The predicted octanol–water partition coefficient (Wildman–Crippen LogP) is 15.1. The molecule has 0 radical (unpaired) electrons. The first kappa shape index (κ1) is 36.3. The van der Waals surface area contributed by atoms with Crippen LogP contribution in [0.15, 0.2) is 218 Å². The van der Waals surface area contributed by atoms with Crippen LogP contribution < -0.4 is 0 Å². The third-order valence-corrected chi connectivity index (χ3v) is 13.1. The van der Waals surface area contributed by atoms with Crippen LogP contribution in [-0.4, -0.2) is 19.1 Å². The van der Waals surface area contributed by atoms with Crippen molar-refractivity contribution >= 4 is 43.6 Å². The van der Waals surface area contributed by atoms with E-state index in [1.54, 1.807) is 0 Å². The summed E-state index contributed by atoms with van der Waals surface area (Å²) in [5, 5.41) is 5.15. The van der Waals surface area contributed by atoms with Gasteiger partial charge in [0.15, 0.2) is 5.82 Å². The Morgan fingerprint density at radius 1 is 0.297 bits per heavy atom. The molecule has 0 saturated heterocycles. The van der Waals surface area contributed by atoms with Gasteiger partial charge in [-0.2, -0.15) is 0 Å². The maximum atomic E-state index is 5.34. The van der Waals surface area contributed by atoms with E-state index in [0.29, 0.717) is 0 Å². The van der Waals surface area contributed by atoms with Gasteiger partial charge in [-0.1, -0.05) is 158 Å². The van der Waals surface area contributed by atoms with Gasteiger partial charge in [0.1, 0.15) is 0 Å². The number of rotatable bonds is 7. The molecule has 0 atom stereocenters. The summed E-state index contributed by atoms with van der Waals surface area (Å²) >= 11 is 0. The molecule has 1 aliphatic carbocycles. The summed E-state index contributed by atoms with van der Waals surface area (Å²) in [4.78, 5) is 10.7. The smallest absolute Gasteiger partial charge is 0.160 e. The van der Waals surface area contributed by atoms with Gasteiger partial charge in [0.2, 0.25) is 0 Å². The largest absolute Gasteiger partial charge is 0.309 e. The molecule has 64 heavy (non-hydrogen) atoms. The fraction of sp³-hybridized carbons (Fsp3) is 0.0333. The molecule has 0 fully saturated rings. The fourth-order valence-electron chi connectivity index (χ4n) is 10.2. The third-order valence-electron chi connectivity index (χ3n) is 13.1. The van der Waals surface area contributed by atoms with Crippen LogP contribution >= 0.6 is 0 Å². The molecule has 0 aliphatic heterocycles. The molecule has 300 valence electrons. The number of aromatic nitrogens is 4. The molecule has 3 aromatic heterocycles. The first-order valence-corrected chi connectivity index (χ1v) is 22.1. The highest BCUT2D eigenvalue weighted by Crippen LogP contribution is 2.45. The van der Waals surface area contributed by atoms with E-state index < -0.39 is 0 Å². The monoisotopic (exact) mass is 816 g/mol. The van der Waals surface area contributed by atoms with Crippen molar-refractivity contribution in [2.24, 2.45) is 0 Å². The molecule has 9 aromatic carbocycles. The van der Waals surface area contributed by atoms with Crippen LogP contribution in [0.4, 0.5) is 0 Å². The van der Waals surface area contributed by atoms with Gasteiger partial charge in [-0.3, -0.25) is 0 Å². The van der Waals surface area contributed by atoms with Gasteiger partial charge in [-0.05, 0) is 107 Å². The molecule has 0 saturated carbocycles. The van der Waals surface area contributed by atoms with E-state index in [4.69, 9.17) is 9.97 Å². The third kappa shape index (κ3) is 5.91. The molecule has 1 aliphatic rings. The Kier molecular flexibility index (Phi) is 8.31. The zero-order chi connectivity index (χ0) is 42.1. The maximum absolute atomic E-state index is 5.34. The first-order chi connectivity index (χ1) is 31.7. The van der Waals surface area contributed by atoms with E-state index in [-0.39, 0.29) is 0 Å². The van der Waals surface area contributed by atoms with Gasteiger partial charge in [-0.25, -0.2) is 9.97 Å². The molecular formula is C60H40N4. The van der Waals surface area contributed by atoms with Crippen molar-refractivity contribution in [2.75, 3.05) is 0 Å². The minimum atomic E-state index is 0.718.